The largest absolute Gasteiger partial charge is 0.477 e. The lowest BCUT2D eigenvalue weighted by Gasteiger charge is -2.36. The van der Waals surface area contributed by atoms with Crippen LogP contribution in [0.2, 0.25) is 0 Å². The molecule has 2 amide bonds. The molecule has 2 fully saturated rings. The van der Waals surface area contributed by atoms with Crippen LogP contribution in [0, 0.1) is 15.9 Å². The molecular weight excluding hydrogens is 473 g/mol. The van der Waals surface area contributed by atoms with E-state index in [1.54, 1.807) is 20.4 Å². The average molecular weight is 495 g/mol. The van der Waals surface area contributed by atoms with Crippen molar-refractivity contribution in [3.63, 3.8) is 0 Å². The maximum absolute atomic E-state index is 15.1. The lowest BCUT2D eigenvalue weighted by atomic mass is 10.1. The minimum atomic E-state index is -1.34. The third-order valence-electron chi connectivity index (χ3n) is 6.51. The van der Waals surface area contributed by atoms with E-state index in [0.29, 0.717) is 37.4 Å². The van der Waals surface area contributed by atoms with Crippen molar-refractivity contribution in [2.45, 2.75) is 18.9 Å². The first-order valence-corrected chi connectivity index (χ1v) is 11.4. The van der Waals surface area contributed by atoms with Gasteiger partial charge in [-0.2, -0.15) is 0 Å². The van der Waals surface area contributed by atoms with E-state index in [1.807, 2.05) is 0 Å². The van der Waals surface area contributed by atoms with Gasteiger partial charge in [0.25, 0.3) is 5.69 Å². The molecule has 1 saturated carbocycles. The molecular formula is C24H22FN5O6. The van der Waals surface area contributed by atoms with Gasteiger partial charge in [0, 0.05) is 61.6 Å². The van der Waals surface area contributed by atoms with Crippen molar-refractivity contribution in [2.24, 2.45) is 0 Å². The SMILES string of the molecule is O=C(O)c1cn(C2CC2)c2cc(N3CCN(C(=O)Nc4ccc([N+](=O)[O-])cc4)CC3)c(F)cc2c1=O. The van der Waals surface area contributed by atoms with Crippen LogP contribution in [0.15, 0.2) is 47.4 Å². The quantitative estimate of drug-likeness (QED) is 0.408. The van der Waals surface area contributed by atoms with E-state index in [-0.39, 0.29) is 34.4 Å². The van der Waals surface area contributed by atoms with Gasteiger partial charge in [-0.1, -0.05) is 0 Å². The number of nitrogens with zero attached hydrogens (tertiary/aromatic N) is 4. The first-order chi connectivity index (χ1) is 17.2. The number of hydrogen-bond donors (Lipinski definition) is 2. The number of nitro benzene ring substituents is 1. The predicted molar refractivity (Wildman–Crippen MR) is 129 cm³/mol. The molecule has 2 aromatic carbocycles. The number of piperazine rings is 1. The van der Waals surface area contributed by atoms with E-state index in [1.165, 1.54) is 30.5 Å². The van der Waals surface area contributed by atoms with Crippen LogP contribution in [0.3, 0.4) is 0 Å². The van der Waals surface area contributed by atoms with E-state index >= 15 is 4.39 Å². The highest BCUT2D eigenvalue weighted by Crippen LogP contribution is 2.38. The van der Waals surface area contributed by atoms with Crippen LogP contribution >= 0.6 is 0 Å². The maximum atomic E-state index is 15.1. The Morgan fingerprint density at radius 2 is 1.75 bits per heavy atom. The molecule has 0 spiro atoms. The summed E-state index contributed by atoms with van der Waals surface area (Å²) in [6, 6.07) is 7.90. The minimum Gasteiger partial charge on any atom is -0.477 e. The number of fused-ring (bicyclic) bond motifs is 1. The molecule has 0 unspecified atom stereocenters. The first kappa shape index (κ1) is 23.3. The van der Waals surface area contributed by atoms with Gasteiger partial charge < -0.3 is 24.8 Å². The molecule has 2 heterocycles. The summed E-state index contributed by atoms with van der Waals surface area (Å²) in [6.45, 7) is 1.31. The lowest BCUT2D eigenvalue weighted by Crippen LogP contribution is -2.50. The zero-order valence-electron chi connectivity index (χ0n) is 19.0. The predicted octanol–water partition coefficient (Wildman–Crippen LogP) is 3.44. The Hall–Kier alpha value is -4.48. The summed E-state index contributed by atoms with van der Waals surface area (Å²) in [6.07, 6.45) is 3.05. The fraction of sp³-hybridized carbons (Fsp3) is 0.292. The Morgan fingerprint density at radius 1 is 1.08 bits per heavy atom. The van der Waals surface area contributed by atoms with Crippen LogP contribution in [0.4, 0.5) is 26.2 Å². The number of urea groups is 1. The molecule has 0 bridgehead atoms. The number of aromatic nitrogens is 1. The van der Waals surface area contributed by atoms with Crippen molar-refractivity contribution in [2.75, 3.05) is 36.4 Å². The summed E-state index contributed by atoms with van der Waals surface area (Å²) < 4.78 is 16.9. The molecule has 1 aromatic heterocycles. The van der Waals surface area contributed by atoms with Gasteiger partial charge in [-0.15, -0.1) is 0 Å². The van der Waals surface area contributed by atoms with Crippen LogP contribution in [0.25, 0.3) is 10.9 Å². The molecule has 1 aliphatic heterocycles. The van der Waals surface area contributed by atoms with Crippen molar-refractivity contribution in [1.82, 2.24) is 9.47 Å². The van der Waals surface area contributed by atoms with E-state index in [2.05, 4.69) is 5.32 Å². The Morgan fingerprint density at radius 3 is 2.33 bits per heavy atom. The number of nitro groups is 1. The zero-order valence-corrected chi connectivity index (χ0v) is 19.0. The smallest absolute Gasteiger partial charge is 0.341 e. The number of carboxylic acid groups (broad SMARTS) is 1. The van der Waals surface area contributed by atoms with Crippen molar-refractivity contribution in [3.8, 4) is 0 Å². The summed E-state index contributed by atoms with van der Waals surface area (Å²) in [4.78, 5) is 50.4. The number of pyridine rings is 1. The number of benzene rings is 2. The van der Waals surface area contributed by atoms with Gasteiger partial charge in [-0.05, 0) is 37.1 Å². The van der Waals surface area contributed by atoms with Gasteiger partial charge in [-0.25, -0.2) is 14.0 Å². The van der Waals surface area contributed by atoms with Crippen LogP contribution in [-0.4, -0.2) is 57.7 Å². The highest BCUT2D eigenvalue weighted by atomic mass is 19.1. The number of halogens is 1. The normalized spacial score (nSPS) is 15.7. The lowest BCUT2D eigenvalue weighted by molar-refractivity contribution is -0.384. The Labute approximate surface area is 203 Å². The van der Waals surface area contributed by atoms with Crippen LogP contribution < -0.4 is 15.6 Å². The number of aromatic carboxylic acids is 1. The van der Waals surface area contributed by atoms with Crippen LogP contribution in [0.1, 0.15) is 29.2 Å². The van der Waals surface area contributed by atoms with E-state index < -0.39 is 22.1 Å². The van der Waals surface area contributed by atoms with Crippen molar-refractivity contribution < 1.29 is 24.0 Å². The van der Waals surface area contributed by atoms with Gasteiger partial charge in [0.2, 0.25) is 5.43 Å². The molecule has 12 heteroatoms. The molecule has 11 nitrogen and oxygen atoms in total. The molecule has 0 radical (unpaired) electrons. The maximum Gasteiger partial charge on any atom is 0.341 e. The highest BCUT2D eigenvalue weighted by Gasteiger charge is 2.29. The number of amides is 2. The monoisotopic (exact) mass is 495 g/mol. The van der Waals surface area contributed by atoms with Gasteiger partial charge in [0.15, 0.2) is 0 Å². The molecule has 5 rings (SSSR count). The molecule has 2 N–H and O–H groups in total. The first-order valence-electron chi connectivity index (χ1n) is 11.4. The molecule has 186 valence electrons. The zero-order chi connectivity index (χ0) is 25.6. The molecule has 3 aromatic rings. The third kappa shape index (κ3) is 4.32. The molecule has 0 atom stereocenters. The molecule has 1 saturated heterocycles. The number of non-ortho nitro benzene ring substituents is 1. The number of carbonyl (C=O) groups excluding carboxylic acids is 1. The summed E-state index contributed by atoms with van der Waals surface area (Å²) in [5.41, 5.74) is 0.0246. The fourth-order valence-electron chi connectivity index (χ4n) is 4.43. The standard InChI is InChI=1S/C24H22FN5O6/c25-19-11-17-20(29(15-5-6-15)13-18(22(17)31)23(32)33)12-21(19)27-7-9-28(10-8-27)24(34)26-14-1-3-16(4-2-14)30(35)36/h1-4,11-13,15H,5-10H2,(H,26,34)(H,32,33). The Balaban J connectivity index is 1.33. The number of carboxylic acids is 1. The second kappa shape index (κ2) is 8.95. The number of hydrogen-bond acceptors (Lipinski definition) is 6. The van der Waals surface area contributed by atoms with Crippen LogP contribution in [-0.2, 0) is 0 Å². The molecule has 1 aliphatic carbocycles. The van der Waals surface area contributed by atoms with E-state index in [4.69, 9.17) is 0 Å². The summed E-state index contributed by atoms with van der Waals surface area (Å²) in [7, 11) is 0. The summed E-state index contributed by atoms with van der Waals surface area (Å²) in [5.74, 6) is -1.97. The topological polar surface area (TPSA) is 138 Å². The molecule has 2 aliphatic rings. The third-order valence-corrected chi connectivity index (χ3v) is 6.51. The summed E-state index contributed by atoms with van der Waals surface area (Å²) >= 11 is 0. The fourth-order valence-corrected chi connectivity index (χ4v) is 4.43. The van der Waals surface area contributed by atoms with E-state index in [0.717, 1.165) is 18.9 Å². The van der Waals surface area contributed by atoms with Gasteiger partial charge in [-0.3, -0.25) is 14.9 Å². The van der Waals surface area contributed by atoms with E-state index in [9.17, 15) is 29.6 Å². The van der Waals surface area contributed by atoms with Crippen molar-refractivity contribution in [1.29, 1.82) is 0 Å². The van der Waals surface area contributed by atoms with Gasteiger partial charge in [0.1, 0.15) is 11.4 Å². The van der Waals surface area contributed by atoms with Crippen molar-refractivity contribution >= 4 is 40.0 Å². The Kier molecular flexibility index (Phi) is 5.78. The number of anilines is 2. The van der Waals surface area contributed by atoms with Crippen LogP contribution in [0.5, 0.6) is 0 Å². The minimum absolute atomic E-state index is 0.0316. The second-order valence-electron chi connectivity index (χ2n) is 8.84. The number of rotatable bonds is 5. The summed E-state index contributed by atoms with van der Waals surface area (Å²) in [5, 5.41) is 22.9. The Bertz CT molecular complexity index is 1440. The highest BCUT2D eigenvalue weighted by molar-refractivity contribution is 5.94. The van der Waals surface area contributed by atoms with Gasteiger partial charge >= 0.3 is 12.0 Å². The van der Waals surface area contributed by atoms with Gasteiger partial charge in [0.05, 0.1) is 16.1 Å². The number of nitrogens with one attached hydrogen (secondary N) is 1. The number of carbonyl (C=O) groups is 2. The van der Waals surface area contributed by atoms with Crippen molar-refractivity contribution in [3.05, 3.63) is 74.3 Å². The average Bonchev–Trinajstić information content (AvgIpc) is 3.70. The second-order valence-corrected chi connectivity index (χ2v) is 8.84. The molecule has 36 heavy (non-hydrogen) atoms.